The number of hydrogen-bond acceptors (Lipinski definition) is 8. The summed E-state index contributed by atoms with van der Waals surface area (Å²) in [5, 5.41) is 2.93. The molecule has 0 bridgehead atoms. The zero-order valence-electron chi connectivity index (χ0n) is 20.9. The molecule has 1 saturated carbocycles. The van der Waals surface area contributed by atoms with Crippen molar-refractivity contribution < 1.29 is 32.3 Å². The number of rotatable bonds is 11. The minimum Gasteiger partial charge on any atom is -0.434 e. The third-order valence-corrected chi connectivity index (χ3v) is 7.50. The van der Waals surface area contributed by atoms with Crippen molar-refractivity contribution in [3.05, 3.63) is 53.7 Å². The predicted octanol–water partition coefficient (Wildman–Crippen LogP) is 3.75. The predicted molar refractivity (Wildman–Crippen MR) is 136 cm³/mol. The number of nitrogens with one attached hydrogen (secondary N) is 2. The summed E-state index contributed by atoms with van der Waals surface area (Å²) in [6.45, 7) is 2.22. The molecule has 1 heterocycles. The van der Waals surface area contributed by atoms with Crippen LogP contribution in [0.1, 0.15) is 67.8 Å². The van der Waals surface area contributed by atoms with Crippen LogP contribution < -0.4 is 14.8 Å². The lowest BCUT2D eigenvalue weighted by Gasteiger charge is -2.20. The van der Waals surface area contributed by atoms with Crippen LogP contribution in [0.3, 0.4) is 0 Å². The van der Waals surface area contributed by atoms with Crippen LogP contribution >= 0.6 is 0 Å². The molecule has 1 fully saturated rings. The SMILES string of the molecule is CCOC(=O)Oc1ccc(C(=O)NS(=O)(=O)c2ccc(CCNC(=O)CCC3CCCCC3)cc2)cn1. The molecule has 3 rings (SSSR count). The van der Waals surface area contributed by atoms with Crippen LogP contribution in [-0.2, 0) is 26.0 Å². The van der Waals surface area contributed by atoms with Gasteiger partial charge in [0, 0.05) is 25.2 Å². The summed E-state index contributed by atoms with van der Waals surface area (Å²) in [6.07, 6.45) is 8.46. The van der Waals surface area contributed by atoms with Gasteiger partial charge in [-0.25, -0.2) is 22.9 Å². The monoisotopic (exact) mass is 531 g/mol. The summed E-state index contributed by atoms with van der Waals surface area (Å²) in [6, 6.07) is 8.64. The Kier molecular flexibility index (Phi) is 10.4. The maximum absolute atomic E-state index is 12.6. The van der Waals surface area contributed by atoms with Crippen LogP contribution in [0.2, 0.25) is 0 Å². The summed E-state index contributed by atoms with van der Waals surface area (Å²) in [5.41, 5.74) is 0.829. The zero-order chi connectivity index (χ0) is 26.7. The van der Waals surface area contributed by atoms with Crippen molar-refractivity contribution in [3.63, 3.8) is 0 Å². The molecular formula is C26H33N3O7S. The van der Waals surface area contributed by atoms with Gasteiger partial charge in [0.05, 0.1) is 17.1 Å². The Bertz CT molecular complexity index is 1160. The summed E-state index contributed by atoms with van der Waals surface area (Å²) >= 11 is 0. The van der Waals surface area contributed by atoms with E-state index in [0.717, 1.165) is 18.2 Å². The van der Waals surface area contributed by atoms with Gasteiger partial charge in [-0.15, -0.1) is 0 Å². The number of carbonyl (C=O) groups is 3. The molecule has 11 heteroatoms. The number of amides is 2. The highest BCUT2D eigenvalue weighted by Crippen LogP contribution is 2.27. The molecule has 2 N–H and O–H groups in total. The molecule has 2 amide bonds. The Morgan fingerprint density at radius 1 is 1.03 bits per heavy atom. The quantitative estimate of drug-likeness (QED) is 0.418. The number of benzene rings is 1. The number of ether oxygens (including phenoxy) is 2. The Balaban J connectivity index is 1.45. The summed E-state index contributed by atoms with van der Waals surface area (Å²) in [7, 11) is -4.12. The van der Waals surface area contributed by atoms with Crippen molar-refractivity contribution in [2.24, 2.45) is 5.92 Å². The zero-order valence-corrected chi connectivity index (χ0v) is 21.7. The molecule has 0 unspecified atom stereocenters. The fraction of sp³-hybridized carbons (Fsp3) is 0.462. The second-order valence-corrected chi connectivity index (χ2v) is 10.6. The molecule has 200 valence electrons. The summed E-state index contributed by atoms with van der Waals surface area (Å²) in [4.78, 5) is 39.5. The molecule has 0 radical (unpaired) electrons. The van der Waals surface area contributed by atoms with E-state index in [4.69, 9.17) is 4.74 Å². The highest BCUT2D eigenvalue weighted by atomic mass is 32.2. The van der Waals surface area contributed by atoms with Crippen molar-refractivity contribution in [2.75, 3.05) is 13.2 Å². The molecule has 2 aromatic rings. The minimum absolute atomic E-state index is 0.0318. The molecule has 1 aromatic carbocycles. The first-order chi connectivity index (χ1) is 17.8. The number of sulfonamides is 1. The van der Waals surface area contributed by atoms with E-state index in [1.165, 1.54) is 56.4 Å². The van der Waals surface area contributed by atoms with E-state index < -0.39 is 22.1 Å². The molecule has 0 atom stereocenters. The highest BCUT2D eigenvalue weighted by Gasteiger charge is 2.20. The van der Waals surface area contributed by atoms with E-state index in [9.17, 15) is 22.8 Å². The number of carbonyl (C=O) groups excluding carboxylic acids is 3. The van der Waals surface area contributed by atoms with Crippen LogP contribution in [0.25, 0.3) is 0 Å². The molecule has 37 heavy (non-hydrogen) atoms. The van der Waals surface area contributed by atoms with Crippen molar-refractivity contribution in [1.29, 1.82) is 0 Å². The standard InChI is InChI=1S/C26H33N3O7S/c1-2-35-26(32)36-24-15-11-21(18-28-24)25(31)29-37(33,34)22-12-8-20(9-13-22)16-17-27-23(30)14-10-19-6-4-3-5-7-19/h8-9,11-13,15,18-19H,2-7,10,14,16-17H2,1H3,(H,27,30)(H,29,31). The van der Waals surface area contributed by atoms with Gasteiger partial charge in [0.15, 0.2) is 0 Å². The molecule has 10 nitrogen and oxygen atoms in total. The van der Waals surface area contributed by atoms with Crippen molar-refractivity contribution in [3.8, 4) is 5.88 Å². The molecule has 0 spiro atoms. The fourth-order valence-corrected chi connectivity index (χ4v) is 5.10. The average Bonchev–Trinajstić information content (AvgIpc) is 2.89. The van der Waals surface area contributed by atoms with E-state index in [-0.39, 0.29) is 28.9 Å². The van der Waals surface area contributed by atoms with Crippen molar-refractivity contribution >= 4 is 28.0 Å². The van der Waals surface area contributed by atoms with Gasteiger partial charge in [-0.05, 0) is 49.4 Å². The molecule has 1 aliphatic carbocycles. The van der Waals surface area contributed by atoms with E-state index in [1.807, 2.05) is 4.72 Å². The molecule has 0 aliphatic heterocycles. The van der Waals surface area contributed by atoms with Gasteiger partial charge in [-0.3, -0.25) is 9.59 Å². The van der Waals surface area contributed by atoms with Gasteiger partial charge < -0.3 is 14.8 Å². The molecule has 1 aliphatic rings. The first-order valence-electron chi connectivity index (χ1n) is 12.5. The molecule has 0 saturated heterocycles. The maximum atomic E-state index is 12.6. The Hall–Kier alpha value is -3.47. The normalized spacial score (nSPS) is 14.0. The molecular weight excluding hydrogens is 498 g/mol. The lowest BCUT2D eigenvalue weighted by atomic mass is 9.86. The number of hydrogen-bond donors (Lipinski definition) is 2. The van der Waals surface area contributed by atoms with E-state index in [2.05, 4.69) is 15.0 Å². The Morgan fingerprint density at radius 2 is 1.76 bits per heavy atom. The third kappa shape index (κ3) is 9.16. The summed E-state index contributed by atoms with van der Waals surface area (Å²) < 4.78 is 36.7. The smallest absolute Gasteiger partial charge is 0.434 e. The lowest BCUT2D eigenvalue weighted by Crippen LogP contribution is -2.30. The maximum Gasteiger partial charge on any atom is 0.515 e. The van der Waals surface area contributed by atoms with Gasteiger partial charge in [0.25, 0.3) is 15.9 Å². The Morgan fingerprint density at radius 3 is 2.41 bits per heavy atom. The second-order valence-electron chi connectivity index (χ2n) is 8.89. The van der Waals surface area contributed by atoms with Crippen LogP contribution in [0.4, 0.5) is 4.79 Å². The van der Waals surface area contributed by atoms with Crippen LogP contribution in [-0.4, -0.2) is 44.5 Å². The van der Waals surface area contributed by atoms with Crippen molar-refractivity contribution in [1.82, 2.24) is 15.0 Å². The number of pyridine rings is 1. The van der Waals surface area contributed by atoms with Crippen molar-refractivity contribution in [2.45, 2.75) is 63.2 Å². The first-order valence-corrected chi connectivity index (χ1v) is 14.0. The van der Waals surface area contributed by atoms with E-state index in [1.54, 1.807) is 19.1 Å². The number of nitrogens with zero attached hydrogens (tertiary/aromatic N) is 1. The van der Waals surface area contributed by atoms with Crippen LogP contribution in [0.15, 0.2) is 47.5 Å². The minimum atomic E-state index is -4.12. The second kappa shape index (κ2) is 13.7. The number of aromatic nitrogens is 1. The largest absolute Gasteiger partial charge is 0.515 e. The highest BCUT2D eigenvalue weighted by molar-refractivity contribution is 7.90. The van der Waals surface area contributed by atoms with Crippen LogP contribution in [0.5, 0.6) is 5.88 Å². The van der Waals surface area contributed by atoms with E-state index in [0.29, 0.717) is 25.3 Å². The molecule has 1 aromatic heterocycles. The fourth-order valence-electron chi connectivity index (χ4n) is 4.13. The van der Waals surface area contributed by atoms with Gasteiger partial charge in [0.1, 0.15) is 0 Å². The average molecular weight is 532 g/mol. The van der Waals surface area contributed by atoms with E-state index >= 15 is 0 Å². The van der Waals surface area contributed by atoms with Gasteiger partial charge >= 0.3 is 6.16 Å². The van der Waals surface area contributed by atoms with Gasteiger partial charge in [-0.1, -0.05) is 44.2 Å². The Labute approximate surface area is 217 Å². The first kappa shape index (κ1) is 28.1. The van der Waals surface area contributed by atoms with Crippen LogP contribution in [0, 0.1) is 5.92 Å². The lowest BCUT2D eigenvalue weighted by molar-refractivity contribution is -0.121. The van der Waals surface area contributed by atoms with Gasteiger partial charge in [0.2, 0.25) is 11.8 Å². The summed E-state index contributed by atoms with van der Waals surface area (Å²) in [5.74, 6) is -0.262. The van der Waals surface area contributed by atoms with Gasteiger partial charge in [-0.2, -0.15) is 0 Å². The topological polar surface area (TPSA) is 141 Å². The third-order valence-electron chi connectivity index (χ3n) is 6.15.